The number of aromatic nitrogens is 1. The zero-order valence-electron chi connectivity index (χ0n) is 13.5. The molecule has 4 nitrogen and oxygen atoms in total. The minimum Gasteiger partial charge on any atom is -0.396 e. The Bertz CT molecular complexity index is 654. The van der Waals surface area contributed by atoms with Crippen LogP contribution in [0.2, 0.25) is 0 Å². The van der Waals surface area contributed by atoms with E-state index < -0.39 is 0 Å². The van der Waals surface area contributed by atoms with Gasteiger partial charge in [0.05, 0.1) is 11.9 Å². The van der Waals surface area contributed by atoms with Gasteiger partial charge in [-0.25, -0.2) is 4.98 Å². The van der Waals surface area contributed by atoms with E-state index in [0.29, 0.717) is 6.04 Å². The molecule has 1 saturated heterocycles. The minimum absolute atomic E-state index is 0.243. The molecule has 1 aromatic heterocycles. The van der Waals surface area contributed by atoms with Gasteiger partial charge in [0.1, 0.15) is 5.82 Å². The van der Waals surface area contributed by atoms with E-state index in [0.717, 1.165) is 30.9 Å². The maximum atomic E-state index is 9.36. The highest BCUT2D eigenvalue weighted by atomic mass is 16.3. The minimum atomic E-state index is 0.243. The Kier molecular flexibility index (Phi) is 4.48. The number of nitrogens with zero attached hydrogens (tertiary/aromatic N) is 2. The molecule has 3 rings (SSSR count). The molecular weight excluding hydrogens is 274 g/mol. The fourth-order valence-corrected chi connectivity index (χ4v) is 3.50. The van der Waals surface area contributed by atoms with Crippen LogP contribution in [0.4, 0.5) is 11.5 Å². The Balaban J connectivity index is 2.10. The fourth-order valence-electron chi connectivity index (χ4n) is 3.50. The highest BCUT2D eigenvalue weighted by molar-refractivity contribution is 6.00. The number of fused-ring (bicyclic) bond motifs is 1. The quantitative estimate of drug-likeness (QED) is 0.909. The van der Waals surface area contributed by atoms with E-state index in [1.54, 1.807) is 0 Å². The van der Waals surface area contributed by atoms with E-state index in [1.807, 2.05) is 13.2 Å². The second-order valence-electron chi connectivity index (χ2n) is 6.15. The van der Waals surface area contributed by atoms with Crippen molar-refractivity contribution in [2.45, 2.75) is 38.6 Å². The molecule has 2 aromatic rings. The van der Waals surface area contributed by atoms with Crippen molar-refractivity contribution in [2.75, 3.05) is 30.4 Å². The summed E-state index contributed by atoms with van der Waals surface area (Å²) in [5.41, 5.74) is 2.32. The highest BCUT2D eigenvalue weighted by Crippen LogP contribution is 2.34. The first kappa shape index (κ1) is 15.1. The van der Waals surface area contributed by atoms with Crippen LogP contribution in [0.25, 0.3) is 10.8 Å². The van der Waals surface area contributed by atoms with Crippen molar-refractivity contribution in [1.29, 1.82) is 0 Å². The van der Waals surface area contributed by atoms with Gasteiger partial charge in [0.25, 0.3) is 0 Å². The van der Waals surface area contributed by atoms with Crippen LogP contribution in [0.1, 0.15) is 31.2 Å². The molecule has 0 saturated carbocycles. The van der Waals surface area contributed by atoms with Crippen molar-refractivity contribution in [1.82, 2.24) is 4.98 Å². The number of aryl methyl sites for hydroxylation is 1. The molecule has 1 aromatic carbocycles. The second-order valence-corrected chi connectivity index (χ2v) is 6.15. The Morgan fingerprint density at radius 1 is 1.32 bits per heavy atom. The lowest BCUT2D eigenvalue weighted by atomic mass is 9.98. The third-order valence-corrected chi connectivity index (χ3v) is 4.65. The molecule has 1 unspecified atom stereocenters. The number of hydrogen-bond acceptors (Lipinski definition) is 4. The second kappa shape index (κ2) is 6.53. The smallest absolute Gasteiger partial charge is 0.136 e. The van der Waals surface area contributed by atoms with Crippen LogP contribution in [0.15, 0.2) is 24.4 Å². The standard InChI is InChI=1S/C18H25N3O/c1-13-6-7-15-16(11-13)17(19-2)12-20-18(15)21-9-4-3-5-14(21)8-10-22/h6-7,11-12,14,19,22H,3-5,8-10H2,1-2H3. The topological polar surface area (TPSA) is 48.4 Å². The average molecular weight is 299 g/mol. The highest BCUT2D eigenvalue weighted by Gasteiger charge is 2.24. The maximum absolute atomic E-state index is 9.36. The van der Waals surface area contributed by atoms with Gasteiger partial charge in [-0.2, -0.15) is 0 Å². The summed E-state index contributed by atoms with van der Waals surface area (Å²) in [6.45, 7) is 3.39. The first-order chi connectivity index (χ1) is 10.7. The van der Waals surface area contributed by atoms with Crippen LogP contribution >= 0.6 is 0 Å². The fraction of sp³-hybridized carbons (Fsp3) is 0.500. The molecule has 1 fully saturated rings. The predicted molar refractivity (Wildman–Crippen MR) is 92.7 cm³/mol. The van der Waals surface area contributed by atoms with Gasteiger partial charge in [-0.15, -0.1) is 0 Å². The normalized spacial score (nSPS) is 18.7. The number of benzene rings is 1. The van der Waals surface area contributed by atoms with E-state index in [2.05, 4.69) is 35.3 Å². The molecule has 0 bridgehead atoms. The summed E-state index contributed by atoms with van der Waals surface area (Å²) >= 11 is 0. The van der Waals surface area contributed by atoms with Crippen LogP contribution in [0.5, 0.6) is 0 Å². The Morgan fingerprint density at radius 2 is 2.18 bits per heavy atom. The molecule has 0 amide bonds. The van der Waals surface area contributed by atoms with Crippen molar-refractivity contribution < 1.29 is 5.11 Å². The number of rotatable bonds is 4. The molecule has 0 aliphatic carbocycles. The molecule has 1 aliphatic heterocycles. The van der Waals surface area contributed by atoms with E-state index in [9.17, 15) is 5.11 Å². The van der Waals surface area contributed by atoms with E-state index in [4.69, 9.17) is 4.98 Å². The average Bonchev–Trinajstić information content (AvgIpc) is 2.54. The molecule has 0 spiro atoms. The van der Waals surface area contributed by atoms with Gasteiger partial charge < -0.3 is 15.3 Å². The number of nitrogens with one attached hydrogen (secondary N) is 1. The van der Waals surface area contributed by atoms with Crippen LogP contribution in [0.3, 0.4) is 0 Å². The zero-order valence-corrected chi connectivity index (χ0v) is 13.5. The molecule has 1 atom stereocenters. The molecule has 0 radical (unpaired) electrons. The number of aliphatic hydroxyl groups is 1. The summed E-state index contributed by atoms with van der Waals surface area (Å²) in [4.78, 5) is 7.14. The van der Waals surface area contributed by atoms with Gasteiger partial charge in [0.15, 0.2) is 0 Å². The first-order valence-electron chi connectivity index (χ1n) is 8.19. The third-order valence-electron chi connectivity index (χ3n) is 4.65. The Labute approximate surface area is 132 Å². The number of pyridine rings is 1. The summed E-state index contributed by atoms with van der Waals surface area (Å²) in [6, 6.07) is 6.95. The lowest BCUT2D eigenvalue weighted by Crippen LogP contribution is -2.40. The number of piperidine rings is 1. The van der Waals surface area contributed by atoms with Gasteiger partial charge in [-0.05, 0) is 38.7 Å². The van der Waals surface area contributed by atoms with Crippen LogP contribution in [0, 0.1) is 6.92 Å². The molecule has 4 heteroatoms. The largest absolute Gasteiger partial charge is 0.396 e. The summed E-state index contributed by atoms with van der Waals surface area (Å²) < 4.78 is 0. The van der Waals surface area contributed by atoms with E-state index in [-0.39, 0.29) is 6.61 Å². The van der Waals surface area contributed by atoms with Crippen molar-refractivity contribution in [3.63, 3.8) is 0 Å². The lowest BCUT2D eigenvalue weighted by Gasteiger charge is -2.37. The van der Waals surface area contributed by atoms with Crippen LogP contribution in [-0.4, -0.2) is 36.3 Å². The molecule has 1 aliphatic rings. The number of aliphatic hydroxyl groups excluding tert-OH is 1. The summed E-state index contributed by atoms with van der Waals surface area (Å²) in [6.07, 6.45) is 6.34. The summed E-state index contributed by atoms with van der Waals surface area (Å²) in [5, 5.41) is 15.0. The SMILES string of the molecule is CNc1cnc(N2CCCCC2CCO)c2ccc(C)cc12. The zero-order chi connectivity index (χ0) is 15.5. The summed E-state index contributed by atoms with van der Waals surface area (Å²) in [7, 11) is 1.94. The Morgan fingerprint density at radius 3 is 2.95 bits per heavy atom. The van der Waals surface area contributed by atoms with Crippen LogP contribution < -0.4 is 10.2 Å². The third kappa shape index (κ3) is 2.75. The lowest BCUT2D eigenvalue weighted by molar-refractivity contribution is 0.262. The molecule has 2 heterocycles. The van der Waals surface area contributed by atoms with Crippen molar-refractivity contribution in [2.24, 2.45) is 0 Å². The molecular formula is C18H25N3O. The van der Waals surface area contributed by atoms with Crippen molar-refractivity contribution >= 4 is 22.3 Å². The van der Waals surface area contributed by atoms with E-state index >= 15 is 0 Å². The van der Waals surface area contributed by atoms with E-state index in [1.165, 1.54) is 29.2 Å². The monoisotopic (exact) mass is 299 g/mol. The first-order valence-corrected chi connectivity index (χ1v) is 8.19. The van der Waals surface area contributed by atoms with Gasteiger partial charge in [0, 0.05) is 37.0 Å². The number of anilines is 2. The van der Waals surface area contributed by atoms with Crippen molar-refractivity contribution in [3.8, 4) is 0 Å². The molecule has 22 heavy (non-hydrogen) atoms. The Hall–Kier alpha value is -1.81. The van der Waals surface area contributed by atoms with Gasteiger partial charge in [0.2, 0.25) is 0 Å². The molecule has 2 N–H and O–H groups in total. The number of hydrogen-bond donors (Lipinski definition) is 2. The van der Waals surface area contributed by atoms with Gasteiger partial charge in [-0.3, -0.25) is 0 Å². The van der Waals surface area contributed by atoms with Gasteiger partial charge >= 0.3 is 0 Å². The van der Waals surface area contributed by atoms with Crippen molar-refractivity contribution in [3.05, 3.63) is 30.0 Å². The summed E-state index contributed by atoms with van der Waals surface area (Å²) in [5.74, 6) is 1.06. The predicted octanol–water partition coefficient (Wildman–Crippen LogP) is 3.33. The van der Waals surface area contributed by atoms with Gasteiger partial charge in [-0.1, -0.05) is 17.7 Å². The van der Waals surface area contributed by atoms with Crippen LogP contribution in [-0.2, 0) is 0 Å². The maximum Gasteiger partial charge on any atom is 0.136 e. The molecule has 118 valence electrons.